The van der Waals surface area contributed by atoms with E-state index in [1.807, 2.05) is 50.2 Å². The second-order valence-electron chi connectivity index (χ2n) is 5.63. The molecule has 0 unspecified atom stereocenters. The van der Waals surface area contributed by atoms with Gasteiger partial charge in [0.1, 0.15) is 0 Å². The number of halogens is 1. The minimum atomic E-state index is -0.134. The number of rotatable bonds is 6. The van der Waals surface area contributed by atoms with Crippen LogP contribution in [-0.4, -0.2) is 18.4 Å². The molecule has 3 N–H and O–H groups in total. The van der Waals surface area contributed by atoms with Crippen LogP contribution in [0.15, 0.2) is 53.0 Å². The number of amides is 2. The third-order valence-electron chi connectivity index (χ3n) is 3.24. The molecule has 0 aromatic heterocycles. The van der Waals surface area contributed by atoms with Crippen molar-refractivity contribution in [2.45, 2.75) is 13.8 Å². The first kappa shape index (κ1) is 18.0. The lowest BCUT2D eigenvalue weighted by Crippen LogP contribution is -2.21. The first-order chi connectivity index (χ1) is 11.4. The van der Waals surface area contributed by atoms with Crippen LogP contribution in [0, 0.1) is 5.92 Å². The van der Waals surface area contributed by atoms with E-state index in [1.165, 1.54) is 0 Å². The maximum atomic E-state index is 11.9. The number of hydrogen-bond donors (Lipinski definition) is 3. The number of benzene rings is 2. The summed E-state index contributed by atoms with van der Waals surface area (Å²) >= 11 is 3.36. The number of nitrogens with one attached hydrogen (secondary N) is 3. The summed E-state index contributed by atoms with van der Waals surface area (Å²) in [6, 6.07) is 14.7. The van der Waals surface area contributed by atoms with E-state index in [0.717, 1.165) is 21.5 Å². The van der Waals surface area contributed by atoms with Crippen molar-refractivity contribution in [1.29, 1.82) is 0 Å². The van der Waals surface area contributed by atoms with Crippen LogP contribution in [0.3, 0.4) is 0 Å². The largest absolute Gasteiger partial charge is 0.376 e. The molecule has 126 valence electrons. The van der Waals surface area contributed by atoms with Gasteiger partial charge in [-0.25, -0.2) is 0 Å². The summed E-state index contributed by atoms with van der Waals surface area (Å²) in [7, 11) is 0. The molecule has 6 heteroatoms. The Morgan fingerprint density at radius 3 is 2.25 bits per heavy atom. The third-order valence-corrected chi connectivity index (χ3v) is 3.73. The fraction of sp³-hybridized carbons (Fsp3) is 0.222. The molecular weight excluding hydrogens is 370 g/mol. The van der Waals surface area contributed by atoms with Gasteiger partial charge < -0.3 is 16.0 Å². The molecule has 24 heavy (non-hydrogen) atoms. The molecule has 2 aromatic carbocycles. The van der Waals surface area contributed by atoms with Crippen molar-refractivity contribution in [2.24, 2.45) is 5.92 Å². The van der Waals surface area contributed by atoms with E-state index < -0.39 is 0 Å². The minimum Gasteiger partial charge on any atom is -0.376 e. The molecule has 2 rings (SSSR count). The Bertz CT molecular complexity index is 714. The van der Waals surface area contributed by atoms with Gasteiger partial charge in [0, 0.05) is 27.5 Å². The molecule has 0 aliphatic heterocycles. The van der Waals surface area contributed by atoms with Crippen molar-refractivity contribution >= 4 is 44.8 Å². The maximum Gasteiger partial charge on any atom is 0.243 e. The van der Waals surface area contributed by atoms with E-state index in [2.05, 4.69) is 31.9 Å². The van der Waals surface area contributed by atoms with Gasteiger partial charge >= 0.3 is 0 Å². The lowest BCUT2D eigenvalue weighted by molar-refractivity contribution is -0.119. The summed E-state index contributed by atoms with van der Waals surface area (Å²) < 4.78 is 0.910. The van der Waals surface area contributed by atoms with Gasteiger partial charge in [0.2, 0.25) is 11.8 Å². The number of anilines is 3. The van der Waals surface area contributed by atoms with E-state index in [4.69, 9.17) is 0 Å². The molecule has 0 bridgehead atoms. The molecular formula is C18H20BrN3O2. The summed E-state index contributed by atoms with van der Waals surface area (Å²) in [6.07, 6.45) is 0. The van der Waals surface area contributed by atoms with Crippen LogP contribution in [0.25, 0.3) is 0 Å². The Morgan fingerprint density at radius 1 is 0.958 bits per heavy atom. The molecule has 0 heterocycles. The van der Waals surface area contributed by atoms with E-state index in [1.54, 1.807) is 12.1 Å². The second kappa shape index (κ2) is 8.49. The van der Waals surface area contributed by atoms with Gasteiger partial charge in [0.25, 0.3) is 0 Å². The first-order valence-corrected chi connectivity index (χ1v) is 8.43. The van der Waals surface area contributed by atoms with E-state index in [-0.39, 0.29) is 24.3 Å². The Balaban J connectivity index is 1.83. The van der Waals surface area contributed by atoms with Gasteiger partial charge in [-0.1, -0.05) is 35.8 Å². The van der Waals surface area contributed by atoms with Gasteiger partial charge in [-0.2, -0.15) is 0 Å². The highest BCUT2D eigenvalue weighted by molar-refractivity contribution is 9.10. The number of carbonyl (C=O) groups is 2. The van der Waals surface area contributed by atoms with Crippen molar-refractivity contribution in [1.82, 2.24) is 0 Å². The Labute approximate surface area is 150 Å². The van der Waals surface area contributed by atoms with Gasteiger partial charge in [-0.15, -0.1) is 0 Å². The Morgan fingerprint density at radius 2 is 1.62 bits per heavy atom. The molecule has 0 spiro atoms. The smallest absolute Gasteiger partial charge is 0.243 e. The lowest BCUT2D eigenvalue weighted by atomic mass is 10.2. The highest BCUT2D eigenvalue weighted by Gasteiger charge is 2.07. The maximum absolute atomic E-state index is 11.9. The molecule has 2 amide bonds. The normalized spacial score (nSPS) is 10.3. The van der Waals surface area contributed by atoms with Crippen molar-refractivity contribution < 1.29 is 9.59 Å². The molecule has 0 atom stereocenters. The highest BCUT2D eigenvalue weighted by Crippen LogP contribution is 2.16. The Hall–Kier alpha value is -2.34. The van der Waals surface area contributed by atoms with Crippen molar-refractivity contribution in [3.05, 3.63) is 53.0 Å². The van der Waals surface area contributed by atoms with Gasteiger partial charge in [0.05, 0.1) is 6.54 Å². The summed E-state index contributed by atoms with van der Waals surface area (Å²) in [5.74, 6) is -0.223. The van der Waals surface area contributed by atoms with Gasteiger partial charge in [-0.3, -0.25) is 9.59 Å². The topological polar surface area (TPSA) is 70.2 Å². The quantitative estimate of drug-likeness (QED) is 0.696. The van der Waals surface area contributed by atoms with Crippen molar-refractivity contribution in [2.75, 3.05) is 22.5 Å². The summed E-state index contributed by atoms with van der Waals surface area (Å²) in [5.41, 5.74) is 2.28. The fourth-order valence-electron chi connectivity index (χ4n) is 1.91. The van der Waals surface area contributed by atoms with E-state index >= 15 is 0 Å². The van der Waals surface area contributed by atoms with Crippen molar-refractivity contribution in [3.63, 3.8) is 0 Å². The monoisotopic (exact) mass is 389 g/mol. The first-order valence-electron chi connectivity index (χ1n) is 7.64. The average Bonchev–Trinajstić information content (AvgIpc) is 2.54. The predicted molar refractivity (Wildman–Crippen MR) is 101 cm³/mol. The van der Waals surface area contributed by atoms with Crippen LogP contribution in [-0.2, 0) is 9.59 Å². The van der Waals surface area contributed by atoms with Crippen LogP contribution < -0.4 is 16.0 Å². The molecule has 0 saturated heterocycles. The number of hydrogen-bond acceptors (Lipinski definition) is 3. The third kappa shape index (κ3) is 5.70. The zero-order chi connectivity index (χ0) is 17.5. The van der Waals surface area contributed by atoms with Gasteiger partial charge in [-0.05, 0) is 42.5 Å². The predicted octanol–water partition coefficient (Wildman–Crippen LogP) is 4.09. The summed E-state index contributed by atoms with van der Waals surface area (Å²) in [5, 5.41) is 8.68. The fourth-order valence-corrected chi connectivity index (χ4v) is 2.31. The zero-order valence-electron chi connectivity index (χ0n) is 13.6. The molecule has 2 aromatic rings. The van der Waals surface area contributed by atoms with Crippen LogP contribution in [0.1, 0.15) is 13.8 Å². The number of carbonyl (C=O) groups excluding carboxylic acids is 2. The molecule has 0 aliphatic carbocycles. The highest BCUT2D eigenvalue weighted by atomic mass is 79.9. The van der Waals surface area contributed by atoms with Crippen LogP contribution >= 0.6 is 15.9 Å². The van der Waals surface area contributed by atoms with Crippen LogP contribution in [0.5, 0.6) is 0 Å². The standard InChI is InChI=1S/C18H20BrN3O2/c1-12(2)18(24)22-15-8-6-14(7-9-15)20-11-17(23)21-16-5-3-4-13(19)10-16/h3-10,12,20H,11H2,1-2H3,(H,21,23)(H,22,24). The van der Waals surface area contributed by atoms with E-state index in [9.17, 15) is 9.59 Å². The van der Waals surface area contributed by atoms with Crippen molar-refractivity contribution in [3.8, 4) is 0 Å². The summed E-state index contributed by atoms with van der Waals surface area (Å²) in [6.45, 7) is 3.84. The molecule has 5 nitrogen and oxygen atoms in total. The average molecular weight is 390 g/mol. The zero-order valence-corrected chi connectivity index (χ0v) is 15.2. The molecule has 0 radical (unpaired) electrons. The minimum absolute atomic E-state index is 0.0240. The summed E-state index contributed by atoms with van der Waals surface area (Å²) in [4.78, 5) is 23.6. The SMILES string of the molecule is CC(C)C(=O)Nc1ccc(NCC(=O)Nc2cccc(Br)c2)cc1. The Kier molecular flexibility index (Phi) is 6.37. The lowest BCUT2D eigenvalue weighted by Gasteiger charge is -2.10. The van der Waals surface area contributed by atoms with Crippen LogP contribution in [0.4, 0.5) is 17.1 Å². The molecule has 0 fully saturated rings. The van der Waals surface area contributed by atoms with E-state index in [0.29, 0.717) is 0 Å². The molecule has 0 saturated carbocycles. The van der Waals surface area contributed by atoms with Gasteiger partial charge in [0.15, 0.2) is 0 Å². The molecule has 0 aliphatic rings. The van der Waals surface area contributed by atoms with Crippen LogP contribution in [0.2, 0.25) is 0 Å². The second-order valence-corrected chi connectivity index (χ2v) is 6.55.